The van der Waals surface area contributed by atoms with Gasteiger partial charge in [-0.1, -0.05) is 31.5 Å². The zero-order valence-electron chi connectivity index (χ0n) is 10.7. The van der Waals surface area contributed by atoms with E-state index in [1.807, 2.05) is 6.07 Å². The second-order valence-corrected chi connectivity index (χ2v) is 4.43. The first kappa shape index (κ1) is 13.0. The maximum absolute atomic E-state index is 3.46. The summed E-state index contributed by atoms with van der Waals surface area (Å²) in [6.45, 7) is 6.70. The minimum atomic E-state index is 0.576. The van der Waals surface area contributed by atoms with Gasteiger partial charge in [0.15, 0.2) is 0 Å². The van der Waals surface area contributed by atoms with Crippen molar-refractivity contribution in [3.05, 3.63) is 30.3 Å². The van der Waals surface area contributed by atoms with Gasteiger partial charge in [0, 0.05) is 18.3 Å². The average Bonchev–Trinajstić information content (AvgIpc) is 2.34. The molecule has 1 unspecified atom stereocenters. The van der Waals surface area contributed by atoms with Crippen molar-refractivity contribution in [3.63, 3.8) is 0 Å². The second-order valence-electron chi connectivity index (χ2n) is 4.43. The number of benzene rings is 1. The van der Waals surface area contributed by atoms with E-state index in [2.05, 4.69) is 55.4 Å². The zero-order valence-corrected chi connectivity index (χ0v) is 10.7. The van der Waals surface area contributed by atoms with Crippen LogP contribution in [0.5, 0.6) is 0 Å². The molecule has 1 aromatic carbocycles. The van der Waals surface area contributed by atoms with E-state index in [1.54, 1.807) is 0 Å². The lowest BCUT2D eigenvalue weighted by atomic mass is 10.2. The molecular formula is C14H24N2. The van der Waals surface area contributed by atoms with Gasteiger partial charge in [-0.2, -0.15) is 0 Å². The van der Waals surface area contributed by atoms with Crippen LogP contribution in [0.15, 0.2) is 30.3 Å². The zero-order chi connectivity index (χ0) is 11.8. The molecule has 16 heavy (non-hydrogen) atoms. The molecule has 0 aliphatic carbocycles. The monoisotopic (exact) mass is 220 g/mol. The van der Waals surface area contributed by atoms with Gasteiger partial charge in [0.05, 0.1) is 0 Å². The van der Waals surface area contributed by atoms with Gasteiger partial charge in [-0.25, -0.2) is 0 Å². The van der Waals surface area contributed by atoms with Crippen LogP contribution < -0.4 is 5.32 Å². The van der Waals surface area contributed by atoms with Crippen LogP contribution in [0.4, 0.5) is 5.69 Å². The third-order valence-electron chi connectivity index (χ3n) is 2.99. The molecule has 2 nitrogen and oxygen atoms in total. The first-order valence-electron chi connectivity index (χ1n) is 6.23. The van der Waals surface area contributed by atoms with E-state index < -0.39 is 0 Å². The van der Waals surface area contributed by atoms with Crippen LogP contribution in [0.1, 0.15) is 26.7 Å². The first-order chi connectivity index (χ1) is 7.74. The second kappa shape index (κ2) is 7.29. The molecule has 1 atom stereocenters. The molecule has 0 bridgehead atoms. The Morgan fingerprint density at radius 2 is 1.94 bits per heavy atom. The molecule has 0 amide bonds. The highest BCUT2D eigenvalue weighted by molar-refractivity contribution is 5.42. The third-order valence-corrected chi connectivity index (χ3v) is 2.99. The molecule has 0 aliphatic heterocycles. The number of unbranched alkanes of at least 4 members (excludes halogenated alkanes) is 1. The number of anilines is 1. The predicted octanol–water partition coefficient (Wildman–Crippen LogP) is 3.22. The van der Waals surface area contributed by atoms with E-state index >= 15 is 0 Å². The van der Waals surface area contributed by atoms with Gasteiger partial charge >= 0.3 is 0 Å². The van der Waals surface area contributed by atoms with Crippen LogP contribution in [0.25, 0.3) is 0 Å². The number of hydrogen-bond donors (Lipinski definition) is 1. The SMILES string of the molecule is CCCCN(C)C(C)CNc1ccccc1. The van der Waals surface area contributed by atoms with E-state index in [9.17, 15) is 0 Å². The molecule has 90 valence electrons. The molecule has 1 rings (SSSR count). The van der Waals surface area contributed by atoms with Crippen LogP contribution in [0.2, 0.25) is 0 Å². The molecule has 0 saturated carbocycles. The van der Waals surface area contributed by atoms with Crippen molar-refractivity contribution in [1.82, 2.24) is 4.90 Å². The normalized spacial score (nSPS) is 12.8. The quantitative estimate of drug-likeness (QED) is 0.759. The molecule has 0 aromatic heterocycles. The summed E-state index contributed by atoms with van der Waals surface area (Å²) in [7, 11) is 2.20. The Kier molecular flexibility index (Phi) is 5.94. The van der Waals surface area contributed by atoms with Crippen molar-refractivity contribution in [2.45, 2.75) is 32.7 Å². The molecule has 1 N–H and O–H groups in total. The minimum Gasteiger partial charge on any atom is -0.383 e. The van der Waals surface area contributed by atoms with Gasteiger partial charge < -0.3 is 10.2 Å². The predicted molar refractivity (Wildman–Crippen MR) is 71.9 cm³/mol. The molecule has 0 radical (unpaired) electrons. The topological polar surface area (TPSA) is 15.3 Å². The highest BCUT2D eigenvalue weighted by atomic mass is 15.1. The molecular weight excluding hydrogens is 196 g/mol. The van der Waals surface area contributed by atoms with Crippen LogP contribution in [-0.2, 0) is 0 Å². The van der Waals surface area contributed by atoms with E-state index in [0.29, 0.717) is 6.04 Å². The summed E-state index contributed by atoms with van der Waals surface area (Å²) < 4.78 is 0. The molecule has 0 aliphatic rings. The van der Waals surface area contributed by atoms with Gasteiger partial charge in [0.1, 0.15) is 0 Å². The van der Waals surface area contributed by atoms with E-state index in [1.165, 1.54) is 25.1 Å². The molecule has 1 aromatic rings. The Bertz CT molecular complexity index is 271. The van der Waals surface area contributed by atoms with Crippen molar-refractivity contribution in [2.24, 2.45) is 0 Å². The summed E-state index contributed by atoms with van der Waals surface area (Å²) in [5.74, 6) is 0. The maximum atomic E-state index is 3.46. The fourth-order valence-electron chi connectivity index (χ4n) is 1.61. The van der Waals surface area contributed by atoms with Crippen LogP contribution in [0, 0.1) is 0 Å². The lowest BCUT2D eigenvalue weighted by Crippen LogP contribution is -2.35. The Balaban J connectivity index is 2.26. The standard InChI is InChI=1S/C14H24N2/c1-4-5-11-16(3)13(2)12-15-14-9-7-6-8-10-14/h6-10,13,15H,4-5,11-12H2,1-3H3. The lowest BCUT2D eigenvalue weighted by Gasteiger charge is -2.25. The number of nitrogens with zero attached hydrogens (tertiary/aromatic N) is 1. The highest BCUT2D eigenvalue weighted by Gasteiger charge is 2.07. The number of hydrogen-bond acceptors (Lipinski definition) is 2. The Hall–Kier alpha value is -1.02. The van der Waals surface area contributed by atoms with Crippen LogP contribution in [-0.4, -0.2) is 31.1 Å². The number of likely N-dealkylation sites (N-methyl/N-ethyl adjacent to an activating group) is 1. The molecule has 0 spiro atoms. The first-order valence-corrected chi connectivity index (χ1v) is 6.23. The number of nitrogens with one attached hydrogen (secondary N) is 1. The summed E-state index contributed by atoms with van der Waals surface area (Å²) in [5.41, 5.74) is 1.21. The summed E-state index contributed by atoms with van der Waals surface area (Å²) in [6, 6.07) is 11.0. The van der Waals surface area contributed by atoms with Crippen molar-refractivity contribution >= 4 is 5.69 Å². The van der Waals surface area contributed by atoms with Crippen LogP contribution >= 0.6 is 0 Å². The molecule has 0 saturated heterocycles. The van der Waals surface area contributed by atoms with Crippen molar-refractivity contribution in [1.29, 1.82) is 0 Å². The van der Waals surface area contributed by atoms with E-state index in [4.69, 9.17) is 0 Å². The molecule has 0 fully saturated rings. The maximum Gasteiger partial charge on any atom is 0.0340 e. The van der Waals surface area contributed by atoms with Gasteiger partial charge in [-0.05, 0) is 39.1 Å². The summed E-state index contributed by atoms with van der Waals surface area (Å²) in [6.07, 6.45) is 2.55. The molecule has 2 heteroatoms. The largest absolute Gasteiger partial charge is 0.383 e. The third kappa shape index (κ3) is 4.67. The van der Waals surface area contributed by atoms with Crippen LogP contribution in [0.3, 0.4) is 0 Å². The summed E-state index contributed by atoms with van der Waals surface area (Å²) in [5, 5.41) is 3.46. The van der Waals surface area contributed by atoms with Gasteiger partial charge in [0.25, 0.3) is 0 Å². The average molecular weight is 220 g/mol. The van der Waals surface area contributed by atoms with Gasteiger partial charge in [0.2, 0.25) is 0 Å². The fourth-order valence-corrected chi connectivity index (χ4v) is 1.61. The van der Waals surface area contributed by atoms with E-state index in [-0.39, 0.29) is 0 Å². The fraction of sp³-hybridized carbons (Fsp3) is 0.571. The summed E-state index contributed by atoms with van der Waals surface area (Å²) in [4.78, 5) is 2.42. The number of para-hydroxylation sites is 1. The minimum absolute atomic E-state index is 0.576. The Morgan fingerprint density at radius 1 is 1.25 bits per heavy atom. The van der Waals surface area contributed by atoms with Gasteiger partial charge in [-0.15, -0.1) is 0 Å². The summed E-state index contributed by atoms with van der Waals surface area (Å²) >= 11 is 0. The smallest absolute Gasteiger partial charge is 0.0340 e. The van der Waals surface area contributed by atoms with Crippen molar-refractivity contribution in [2.75, 3.05) is 25.5 Å². The Labute approximate surface area is 99.7 Å². The Morgan fingerprint density at radius 3 is 2.56 bits per heavy atom. The number of rotatable bonds is 7. The van der Waals surface area contributed by atoms with Crippen molar-refractivity contribution < 1.29 is 0 Å². The highest BCUT2D eigenvalue weighted by Crippen LogP contribution is 2.06. The molecule has 0 heterocycles. The van der Waals surface area contributed by atoms with E-state index in [0.717, 1.165) is 6.54 Å². The lowest BCUT2D eigenvalue weighted by molar-refractivity contribution is 0.263. The van der Waals surface area contributed by atoms with Crippen molar-refractivity contribution in [3.8, 4) is 0 Å². The van der Waals surface area contributed by atoms with Gasteiger partial charge in [-0.3, -0.25) is 0 Å².